The highest BCUT2D eigenvalue weighted by Crippen LogP contribution is 2.39. The third kappa shape index (κ3) is 6.08. The third-order valence-electron chi connectivity index (χ3n) is 7.46. The number of para-hydroxylation sites is 1. The summed E-state index contributed by atoms with van der Waals surface area (Å²) in [7, 11) is 4.91. The van der Waals surface area contributed by atoms with Crippen molar-refractivity contribution in [1.29, 1.82) is 0 Å². The van der Waals surface area contributed by atoms with E-state index in [9.17, 15) is 4.79 Å². The van der Waals surface area contributed by atoms with Gasteiger partial charge in [-0.3, -0.25) is 14.6 Å². The van der Waals surface area contributed by atoms with Crippen LogP contribution >= 0.6 is 0 Å². The maximum Gasteiger partial charge on any atom is 0.257 e. The molecule has 0 bridgehead atoms. The molecule has 0 saturated carbocycles. The Morgan fingerprint density at radius 2 is 1.51 bits per heavy atom. The molecule has 0 radical (unpaired) electrons. The van der Waals surface area contributed by atoms with Crippen LogP contribution in [0.1, 0.15) is 29.2 Å². The van der Waals surface area contributed by atoms with E-state index in [0.717, 1.165) is 55.3 Å². The number of carbonyl (C=O) groups excluding carboxylic acids is 1. The Hall–Kier alpha value is -3.88. The average molecular weight is 529 g/mol. The zero-order valence-electron chi connectivity index (χ0n) is 22.9. The summed E-state index contributed by atoms with van der Waals surface area (Å²) >= 11 is 0. The normalized spacial score (nSPS) is 18.1. The lowest BCUT2D eigenvalue weighted by molar-refractivity contribution is -0.134. The van der Waals surface area contributed by atoms with Gasteiger partial charge in [-0.2, -0.15) is 5.10 Å². The topological polar surface area (TPSA) is 66.8 Å². The van der Waals surface area contributed by atoms with Gasteiger partial charge in [0, 0.05) is 56.3 Å². The summed E-state index contributed by atoms with van der Waals surface area (Å²) < 4.78 is 16.7. The molecule has 5 rings (SSSR count). The van der Waals surface area contributed by atoms with Crippen molar-refractivity contribution in [3.8, 4) is 17.2 Å². The fraction of sp³-hybridized carbons (Fsp3) is 0.355. The number of nitrogens with zero attached hydrogens (tertiary/aromatic N) is 4. The minimum atomic E-state index is -0.269. The van der Waals surface area contributed by atoms with Crippen molar-refractivity contribution >= 4 is 11.6 Å². The summed E-state index contributed by atoms with van der Waals surface area (Å²) in [5.74, 6) is 2.09. The second-order valence-electron chi connectivity index (χ2n) is 9.85. The molecule has 8 heteroatoms. The first-order valence-electron chi connectivity index (χ1n) is 13.3. The monoisotopic (exact) mass is 528 g/mol. The lowest BCUT2D eigenvalue weighted by atomic mass is 9.97. The van der Waals surface area contributed by atoms with Crippen molar-refractivity contribution in [3.05, 3.63) is 89.5 Å². The second-order valence-corrected chi connectivity index (χ2v) is 9.85. The molecule has 204 valence electrons. The predicted octanol–water partition coefficient (Wildman–Crippen LogP) is 4.21. The minimum absolute atomic E-state index is 0.0232. The molecule has 8 nitrogen and oxygen atoms in total. The SMILES string of the molecule is COc1ccc(C2=NN(C(=O)CN3CCN(Cc4ccccc4)CC3)C(c3ccccc3OC)C2)c(OC)c1. The predicted molar refractivity (Wildman–Crippen MR) is 151 cm³/mol. The largest absolute Gasteiger partial charge is 0.497 e. The molecule has 1 saturated heterocycles. The standard InChI is InChI=1S/C31H36N4O4/c1-37-24-13-14-25(30(19-24)39-3)27-20-28(26-11-7-8-12-29(26)38-2)35(32-27)31(36)22-34-17-15-33(16-18-34)21-23-9-5-4-6-10-23/h4-14,19,28H,15-18,20-22H2,1-3H3. The zero-order chi connectivity index (χ0) is 27.2. The summed E-state index contributed by atoms with van der Waals surface area (Å²) in [5.41, 5.74) is 3.90. The van der Waals surface area contributed by atoms with Gasteiger partial charge >= 0.3 is 0 Å². The summed E-state index contributed by atoms with van der Waals surface area (Å²) in [6.45, 7) is 4.79. The van der Waals surface area contributed by atoms with Crippen LogP contribution in [-0.4, -0.2) is 80.5 Å². The van der Waals surface area contributed by atoms with Gasteiger partial charge < -0.3 is 14.2 Å². The van der Waals surface area contributed by atoms with Crippen molar-refractivity contribution in [3.63, 3.8) is 0 Å². The van der Waals surface area contributed by atoms with E-state index in [-0.39, 0.29) is 11.9 Å². The molecule has 3 aromatic rings. The minimum Gasteiger partial charge on any atom is -0.497 e. The smallest absolute Gasteiger partial charge is 0.257 e. The highest BCUT2D eigenvalue weighted by atomic mass is 16.5. The van der Waals surface area contributed by atoms with Gasteiger partial charge in [-0.15, -0.1) is 0 Å². The average Bonchev–Trinajstić information content (AvgIpc) is 3.43. The van der Waals surface area contributed by atoms with Gasteiger partial charge in [0.1, 0.15) is 17.2 Å². The highest BCUT2D eigenvalue weighted by Gasteiger charge is 2.36. The van der Waals surface area contributed by atoms with E-state index in [4.69, 9.17) is 19.3 Å². The lowest BCUT2D eigenvalue weighted by Crippen LogP contribution is -2.49. The Bertz CT molecular complexity index is 1300. The molecule has 1 fully saturated rings. The van der Waals surface area contributed by atoms with Crippen LogP contribution < -0.4 is 14.2 Å². The molecule has 1 amide bonds. The Labute approximate surface area is 230 Å². The molecule has 3 aromatic carbocycles. The number of amides is 1. The Kier molecular flexibility index (Phi) is 8.44. The fourth-order valence-electron chi connectivity index (χ4n) is 5.33. The lowest BCUT2D eigenvalue weighted by Gasteiger charge is -2.35. The van der Waals surface area contributed by atoms with Crippen LogP contribution in [0, 0.1) is 0 Å². The summed E-state index contributed by atoms with van der Waals surface area (Å²) in [6.07, 6.45) is 0.555. The zero-order valence-corrected chi connectivity index (χ0v) is 22.9. The Morgan fingerprint density at radius 3 is 2.23 bits per heavy atom. The summed E-state index contributed by atoms with van der Waals surface area (Å²) in [6, 6.07) is 23.8. The summed E-state index contributed by atoms with van der Waals surface area (Å²) in [5, 5.41) is 6.52. The molecule has 0 spiro atoms. The van der Waals surface area contributed by atoms with E-state index in [2.05, 4.69) is 34.1 Å². The number of benzene rings is 3. The fourth-order valence-corrected chi connectivity index (χ4v) is 5.33. The Balaban J connectivity index is 1.34. The first-order chi connectivity index (χ1) is 19.1. The second kappa shape index (κ2) is 12.3. The first kappa shape index (κ1) is 26.7. The van der Waals surface area contributed by atoms with Crippen LogP contribution in [0.5, 0.6) is 17.2 Å². The molecule has 0 aromatic heterocycles. The van der Waals surface area contributed by atoms with E-state index in [1.165, 1.54) is 5.56 Å². The van der Waals surface area contributed by atoms with Crippen molar-refractivity contribution < 1.29 is 19.0 Å². The number of ether oxygens (including phenoxy) is 3. The van der Waals surface area contributed by atoms with Crippen LogP contribution in [0.4, 0.5) is 0 Å². The molecular formula is C31H36N4O4. The number of hydrogen-bond acceptors (Lipinski definition) is 7. The van der Waals surface area contributed by atoms with Crippen LogP contribution in [0.3, 0.4) is 0 Å². The van der Waals surface area contributed by atoms with Gasteiger partial charge in [0.25, 0.3) is 5.91 Å². The van der Waals surface area contributed by atoms with E-state index < -0.39 is 0 Å². The maximum absolute atomic E-state index is 13.8. The number of hydrogen-bond donors (Lipinski definition) is 0. The quantitative estimate of drug-likeness (QED) is 0.415. The molecule has 0 N–H and O–H groups in total. The van der Waals surface area contributed by atoms with E-state index in [0.29, 0.717) is 24.5 Å². The van der Waals surface area contributed by atoms with Crippen molar-refractivity contribution in [1.82, 2.24) is 14.8 Å². The van der Waals surface area contributed by atoms with Crippen LogP contribution in [-0.2, 0) is 11.3 Å². The number of rotatable bonds is 9. The number of hydrazone groups is 1. The third-order valence-corrected chi connectivity index (χ3v) is 7.46. The van der Waals surface area contributed by atoms with Gasteiger partial charge in [0.15, 0.2) is 0 Å². The summed E-state index contributed by atoms with van der Waals surface area (Å²) in [4.78, 5) is 18.4. The molecule has 2 aliphatic rings. The molecule has 0 aliphatic carbocycles. The highest BCUT2D eigenvalue weighted by molar-refractivity contribution is 6.05. The van der Waals surface area contributed by atoms with Crippen LogP contribution in [0.2, 0.25) is 0 Å². The Morgan fingerprint density at radius 1 is 0.821 bits per heavy atom. The van der Waals surface area contributed by atoms with E-state index in [1.54, 1.807) is 26.3 Å². The van der Waals surface area contributed by atoms with Crippen molar-refractivity contribution in [2.75, 3.05) is 54.1 Å². The van der Waals surface area contributed by atoms with Gasteiger partial charge in [0.05, 0.1) is 39.6 Å². The van der Waals surface area contributed by atoms with Crippen molar-refractivity contribution in [2.24, 2.45) is 5.10 Å². The molecule has 1 unspecified atom stereocenters. The molecular weight excluding hydrogens is 492 g/mol. The van der Waals surface area contributed by atoms with Gasteiger partial charge in [0.2, 0.25) is 0 Å². The van der Waals surface area contributed by atoms with E-state index >= 15 is 0 Å². The molecule has 39 heavy (non-hydrogen) atoms. The van der Waals surface area contributed by atoms with E-state index in [1.807, 2.05) is 48.5 Å². The number of piperazine rings is 1. The van der Waals surface area contributed by atoms with Crippen molar-refractivity contribution in [2.45, 2.75) is 19.0 Å². The molecule has 1 atom stereocenters. The number of carbonyl (C=O) groups is 1. The van der Waals surface area contributed by atoms with Crippen LogP contribution in [0.25, 0.3) is 0 Å². The number of methoxy groups -OCH3 is 3. The molecule has 2 aliphatic heterocycles. The molecule has 2 heterocycles. The van der Waals surface area contributed by atoms with Crippen LogP contribution in [0.15, 0.2) is 77.9 Å². The van der Waals surface area contributed by atoms with Gasteiger partial charge in [-0.1, -0.05) is 48.5 Å². The maximum atomic E-state index is 13.8. The van der Waals surface area contributed by atoms with Gasteiger partial charge in [-0.25, -0.2) is 5.01 Å². The van der Waals surface area contributed by atoms with Gasteiger partial charge in [-0.05, 0) is 23.8 Å². The first-order valence-corrected chi connectivity index (χ1v) is 13.3.